The average Bonchev–Trinajstić information content (AvgIpc) is 2.36. The van der Waals surface area contributed by atoms with Crippen molar-refractivity contribution in [1.82, 2.24) is 9.88 Å². The highest BCUT2D eigenvalue weighted by atomic mass is 19.1. The maximum absolute atomic E-state index is 12.6. The fraction of sp³-hybridized carbons (Fsp3) is 0.643. The number of rotatable bonds is 7. The lowest BCUT2D eigenvalue weighted by Crippen LogP contribution is -2.51. The molecule has 0 N–H and O–H groups in total. The van der Waals surface area contributed by atoms with E-state index in [-0.39, 0.29) is 0 Å². The van der Waals surface area contributed by atoms with Gasteiger partial charge in [0.05, 0.1) is 6.20 Å². The van der Waals surface area contributed by atoms with Crippen LogP contribution in [0.15, 0.2) is 18.3 Å². The molecule has 1 aliphatic heterocycles. The Morgan fingerprint density at radius 2 is 2.33 bits per heavy atom. The molecule has 3 nitrogen and oxygen atoms in total. The summed E-state index contributed by atoms with van der Waals surface area (Å²) in [7, 11) is 0. The lowest BCUT2D eigenvalue weighted by atomic mass is 10.0. The fourth-order valence-corrected chi connectivity index (χ4v) is 2.18. The molecule has 1 aromatic rings. The zero-order valence-corrected chi connectivity index (χ0v) is 10.9. The third-order valence-corrected chi connectivity index (χ3v) is 3.46. The molecule has 1 fully saturated rings. The Morgan fingerprint density at radius 1 is 1.44 bits per heavy atom. The van der Waals surface area contributed by atoms with Gasteiger partial charge in [0, 0.05) is 12.6 Å². The number of hydrogen-bond donors (Lipinski definition) is 0. The van der Waals surface area contributed by atoms with Crippen LogP contribution in [0.4, 0.5) is 4.39 Å². The van der Waals surface area contributed by atoms with E-state index < -0.39 is 5.95 Å². The summed E-state index contributed by atoms with van der Waals surface area (Å²) >= 11 is 0. The van der Waals surface area contributed by atoms with Gasteiger partial charge in [0.2, 0.25) is 5.95 Å². The van der Waals surface area contributed by atoms with Gasteiger partial charge < -0.3 is 4.74 Å². The number of pyridine rings is 1. The zero-order valence-electron chi connectivity index (χ0n) is 10.9. The van der Waals surface area contributed by atoms with Crippen LogP contribution in [0.1, 0.15) is 32.6 Å². The van der Waals surface area contributed by atoms with Gasteiger partial charge in [-0.05, 0) is 31.5 Å². The second kappa shape index (κ2) is 6.69. The Hall–Kier alpha value is -1.16. The largest absolute Gasteiger partial charge is 0.490 e. The summed E-state index contributed by atoms with van der Waals surface area (Å²) in [6.45, 7) is 5.25. The second-order valence-electron chi connectivity index (χ2n) is 4.81. The normalized spacial score (nSPS) is 19.6. The molecule has 0 aliphatic carbocycles. The van der Waals surface area contributed by atoms with Gasteiger partial charge in [-0.1, -0.05) is 19.8 Å². The van der Waals surface area contributed by atoms with E-state index in [4.69, 9.17) is 4.74 Å². The van der Waals surface area contributed by atoms with E-state index in [1.165, 1.54) is 51.0 Å². The quantitative estimate of drug-likeness (QED) is 0.551. The van der Waals surface area contributed by atoms with Crippen LogP contribution in [-0.4, -0.2) is 35.6 Å². The predicted octanol–water partition coefficient (Wildman–Crippen LogP) is 2.86. The highest BCUT2D eigenvalue weighted by molar-refractivity contribution is 5.16. The van der Waals surface area contributed by atoms with Crippen molar-refractivity contribution >= 4 is 0 Å². The molecule has 0 spiro atoms. The van der Waals surface area contributed by atoms with E-state index in [9.17, 15) is 4.39 Å². The molecule has 1 aliphatic rings. The van der Waals surface area contributed by atoms with Gasteiger partial charge >= 0.3 is 0 Å². The van der Waals surface area contributed by atoms with Crippen molar-refractivity contribution in [2.75, 3.05) is 19.7 Å². The van der Waals surface area contributed by atoms with Crippen LogP contribution in [0.25, 0.3) is 0 Å². The van der Waals surface area contributed by atoms with Gasteiger partial charge in [-0.25, -0.2) is 4.98 Å². The fourth-order valence-electron chi connectivity index (χ4n) is 2.18. The first kappa shape index (κ1) is 13.3. The summed E-state index contributed by atoms with van der Waals surface area (Å²) in [5, 5.41) is 0. The minimum Gasteiger partial charge on any atom is -0.490 e. The van der Waals surface area contributed by atoms with E-state index in [1.807, 2.05) is 0 Å². The van der Waals surface area contributed by atoms with Gasteiger partial charge in [0.25, 0.3) is 0 Å². The molecule has 18 heavy (non-hydrogen) atoms. The molecule has 4 heteroatoms. The van der Waals surface area contributed by atoms with E-state index >= 15 is 0 Å². The molecular weight excluding hydrogens is 231 g/mol. The van der Waals surface area contributed by atoms with Crippen molar-refractivity contribution < 1.29 is 9.13 Å². The SMILES string of the molecule is CCCCCN1CC[C@H]1COc1ccc(F)nc1. The van der Waals surface area contributed by atoms with Crippen LogP contribution < -0.4 is 4.74 Å². The molecule has 1 atom stereocenters. The molecule has 1 saturated heterocycles. The van der Waals surface area contributed by atoms with E-state index in [2.05, 4.69) is 16.8 Å². The number of halogens is 1. The monoisotopic (exact) mass is 252 g/mol. The first-order valence-corrected chi connectivity index (χ1v) is 6.78. The van der Waals surface area contributed by atoms with Gasteiger partial charge in [-0.15, -0.1) is 0 Å². The van der Waals surface area contributed by atoms with Gasteiger partial charge in [0.15, 0.2) is 0 Å². The smallest absolute Gasteiger partial charge is 0.213 e. The molecule has 0 radical (unpaired) electrons. The van der Waals surface area contributed by atoms with Crippen LogP contribution in [0.5, 0.6) is 5.75 Å². The summed E-state index contributed by atoms with van der Waals surface area (Å²) in [6.07, 6.45) is 6.46. The Balaban J connectivity index is 1.68. The van der Waals surface area contributed by atoms with Crippen LogP contribution in [0.2, 0.25) is 0 Å². The predicted molar refractivity (Wildman–Crippen MR) is 69.2 cm³/mol. The maximum atomic E-state index is 12.6. The lowest BCUT2D eigenvalue weighted by Gasteiger charge is -2.40. The molecule has 0 saturated carbocycles. The molecule has 0 amide bonds. The van der Waals surface area contributed by atoms with Gasteiger partial charge in [-0.2, -0.15) is 4.39 Å². The van der Waals surface area contributed by atoms with E-state index in [0.29, 0.717) is 18.4 Å². The van der Waals surface area contributed by atoms with Crippen LogP contribution >= 0.6 is 0 Å². The molecular formula is C14H21FN2O. The number of likely N-dealkylation sites (tertiary alicyclic amines) is 1. The summed E-state index contributed by atoms with van der Waals surface area (Å²) in [4.78, 5) is 6.04. The third-order valence-electron chi connectivity index (χ3n) is 3.46. The number of aromatic nitrogens is 1. The number of ether oxygens (including phenoxy) is 1. The molecule has 2 heterocycles. The first-order chi connectivity index (χ1) is 8.79. The van der Waals surface area contributed by atoms with Crippen molar-refractivity contribution in [3.05, 3.63) is 24.3 Å². The summed E-state index contributed by atoms with van der Waals surface area (Å²) in [6, 6.07) is 3.48. The maximum Gasteiger partial charge on any atom is 0.213 e. The Kier molecular flexibility index (Phi) is 4.93. The highest BCUT2D eigenvalue weighted by Gasteiger charge is 2.27. The van der Waals surface area contributed by atoms with Crippen molar-refractivity contribution in [3.63, 3.8) is 0 Å². The topological polar surface area (TPSA) is 25.4 Å². The lowest BCUT2D eigenvalue weighted by molar-refractivity contribution is 0.0492. The molecule has 2 rings (SSSR count). The van der Waals surface area contributed by atoms with Crippen molar-refractivity contribution in [2.24, 2.45) is 0 Å². The summed E-state index contributed by atoms with van der Waals surface area (Å²) < 4.78 is 18.3. The summed E-state index contributed by atoms with van der Waals surface area (Å²) in [5.41, 5.74) is 0. The number of hydrogen-bond acceptors (Lipinski definition) is 3. The Bertz CT molecular complexity index is 355. The Labute approximate surface area is 108 Å². The van der Waals surface area contributed by atoms with Crippen molar-refractivity contribution in [2.45, 2.75) is 38.6 Å². The molecule has 1 aromatic heterocycles. The third kappa shape index (κ3) is 3.67. The van der Waals surface area contributed by atoms with E-state index in [1.54, 1.807) is 6.07 Å². The zero-order chi connectivity index (χ0) is 12.8. The highest BCUT2D eigenvalue weighted by Crippen LogP contribution is 2.19. The standard InChI is InChI=1S/C14H21FN2O/c1-2-3-4-8-17-9-7-12(17)11-18-13-5-6-14(15)16-10-13/h5-6,10,12H,2-4,7-9,11H2,1H3/t12-/m0/s1. The summed E-state index contributed by atoms with van der Waals surface area (Å²) in [5.74, 6) is 0.184. The molecule has 0 aromatic carbocycles. The van der Waals surface area contributed by atoms with Gasteiger partial charge in [0.1, 0.15) is 12.4 Å². The molecule has 0 bridgehead atoms. The number of unbranched alkanes of at least 4 members (excludes halogenated alkanes) is 2. The Morgan fingerprint density at radius 3 is 2.94 bits per heavy atom. The van der Waals surface area contributed by atoms with Crippen LogP contribution in [0, 0.1) is 5.95 Å². The molecule has 100 valence electrons. The van der Waals surface area contributed by atoms with Crippen molar-refractivity contribution in [3.8, 4) is 5.75 Å². The van der Waals surface area contributed by atoms with Gasteiger partial charge in [-0.3, -0.25) is 4.90 Å². The van der Waals surface area contributed by atoms with E-state index in [0.717, 1.165) is 0 Å². The minimum absolute atomic E-state index is 0.466. The van der Waals surface area contributed by atoms with Crippen molar-refractivity contribution in [1.29, 1.82) is 0 Å². The second-order valence-corrected chi connectivity index (χ2v) is 4.81. The van der Waals surface area contributed by atoms with Crippen LogP contribution in [0.3, 0.4) is 0 Å². The van der Waals surface area contributed by atoms with Crippen LogP contribution in [-0.2, 0) is 0 Å². The first-order valence-electron chi connectivity index (χ1n) is 6.78. The number of nitrogens with zero attached hydrogens (tertiary/aromatic N) is 2. The molecule has 0 unspecified atom stereocenters. The minimum atomic E-state index is -0.466. The average molecular weight is 252 g/mol.